The number of nitrogens with zero attached hydrogens (tertiary/aromatic N) is 2. The fourth-order valence-corrected chi connectivity index (χ4v) is 4.97. The smallest absolute Gasteiger partial charge is 0.256 e. The van der Waals surface area contributed by atoms with Crippen molar-refractivity contribution in [1.82, 2.24) is 9.80 Å². The fourth-order valence-electron chi connectivity index (χ4n) is 3.90. The molecule has 1 fully saturated rings. The van der Waals surface area contributed by atoms with Crippen LogP contribution in [0.2, 0.25) is 0 Å². The van der Waals surface area contributed by atoms with Crippen molar-refractivity contribution in [3.8, 4) is 0 Å². The summed E-state index contributed by atoms with van der Waals surface area (Å²) in [5.41, 5.74) is 4.64. The number of aryl methyl sites for hydroxylation is 1. The van der Waals surface area contributed by atoms with Crippen molar-refractivity contribution in [2.24, 2.45) is 0 Å². The van der Waals surface area contributed by atoms with Gasteiger partial charge in [-0.3, -0.25) is 14.6 Å². The second-order valence-electron chi connectivity index (χ2n) is 7.95. The molecule has 156 valence electrons. The van der Waals surface area contributed by atoms with Crippen LogP contribution in [0.25, 0.3) is 0 Å². The average molecular weight is 420 g/mol. The summed E-state index contributed by atoms with van der Waals surface area (Å²) in [6, 6.07) is 20.1. The first-order valence-corrected chi connectivity index (χ1v) is 11.4. The van der Waals surface area contributed by atoms with E-state index in [-0.39, 0.29) is 5.91 Å². The lowest BCUT2D eigenvalue weighted by atomic mass is 10.1. The summed E-state index contributed by atoms with van der Waals surface area (Å²) >= 11 is 1.69. The van der Waals surface area contributed by atoms with E-state index in [0.717, 1.165) is 44.3 Å². The molecule has 0 spiro atoms. The molecule has 5 heteroatoms. The molecule has 30 heavy (non-hydrogen) atoms. The number of nitrogens with one attached hydrogen (secondary N) is 1. The normalized spacial score (nSPS) is 15.3. The van der Waals surface area contributed by atoms with Gasteiger partial charge in [-0.05, 0) is 37.1 Å². The molecule has 2 heterocycles. The highest BCUT2D eigenvalue weighted by molar-refractivity contribution is 7.16. The van der Waals surface area contributed by atoms with Crippen molar-refractivity contribution in [2.75, 3.05) is 31.5 Å². The maximum Gasteiger partial charge on any atom is 0.256 e. The second kappa shape index (κ2) is 9.56. The Morgan fingerprint density at radius 3 is 2.07 bits per heavy atom. The summed E-state index contributed by atoms with van der Waals surface area (Å²) in [5.74, 6) is -0.0363. The highest BCUT2D eigenvalue weighted by Crippen LogP contribution is 2.34. The van der Waals surface area contributed by atoms with E-state index in [0.29, 0.717) is 5.56 Å². The molecular formula is C25H29N3OS. The van der Waals surface area contributed by atoms with E-state index in [4.69, 9.17) is 0 Å². The molecule has 3 aromatic rings. The summed E-state index contributed by atoms with van der Waals surface area (Å²) in [4.78, 5) is 19.0. The molecule has 0 aliphatic carbocycles. The van der Waals surface area contributed by atoms with Gasteiger partial charge in [0.2, 0.25) is 0 Å². The first kappa shape index (κ1) is 20.8. The number of carbonyl (C=O) groups is 1. The van der Waals surface area contributed by atoms with Gasteiger partial charge in [0.25, 0.3) is 5.91 Å². The van der Waals surface area contributed by atoms with Gasteiger partial charge in [0.1, 0.15) is 5.00 Å². The lowest BCUT2D eigenvalue weighted by Crippen LogP contribution is -2.45. The standard InChI is InChI=1S/C25H29N3OS/c1-19-20(2)30-25(26-24(29)22-11-7-4-8-12-22)23(19)18-28-15-13-27(14-16-28)17-21-9-5-3-6-10-21/h3-12H,13-18H2,1-2H3,(H,26,29). The van der Waals surface area contributed by atoms with Crippen LogP contribution in [0.15, 0.2) is 60.7 Å². The molecule has 1 amide bonds. The van der Waals surface area contributed by atoms with Gasteiger partial charge in [0.15, 0.2) is 0 Å². The highest BCUT2D eigenvalue weighted by atomic mass is 32.1. The summed E-state index contributed by atoms with van der Waals surface area (Å²) < 4.78 is 0. The molecule has 1 aliphatic heterocycles. The zero-order valence-corrected chi connectivity index (χ0v) is 18.5. The van der Waals surface area contributed by atoms with Crippen LogP contribution in [-0.2, 0) is 13.1 Å². The van der Waals surface area contributed by atoms with E-state index < -0.39 is 0 Å². The first-order valence-electron chi connectivity index (χ1n) is 10.5. The zero-order valence-electron chi connectivity index (χ0n) is 17.7. The molecular weight excluding hydrogens is 390 g/mol. The molecule has 4 rings (SSSR count). The van der Waals surface area contributed by atoms with E-state index in [2.05, 4.69) is 59.3 Å². The van der Waals surface area contributed by atoms with Gasteiger partial charge in [-0.1, -0.05) is 48.5 Å². The number of carbonyl (C=O) groups excluding carboxylic acids is 1. The Hall–Kier alpha value is -2.47. The number of hydrogen-bond donors (Lipinski definition) is 1. The third-order valence-electron chi connectivity index (χ3n) is 5.87. The van der Waals surface area contributed by atoms with Crippen molar-refractivity contribution in [3.05, 3.63) is 87.8 Å². The minimum atomic E-state index is -0.0363. The fraction of sp³-hybridized carbons (Fsp3) is 0.320. The van der Waals surface area contributed by atoms with Gasteiger partial charge < -0.3 is 5.32 Å². The molecule has 4 nitrogen and oxygen atoms in total. The van der Waals surface area contributed by atoms with Crippen molar-refractivity contribution in [1.29, 1.82) is 0 Å². The lowest BCUT2D eigenvalue weighted by molar-refractivity contribution is 0.102. The quantitative estimate of drug-likeness (QED) is 0.615. The van der Waals surface area contributed by atoms with Crippen LogP contribution in [0.3, 0.4) is 0 Å². The Kier molecular flexibility index (Phi) is 6.62. The largest absolute Gasteiger partial charge is 0.313 e. The number of thiophene rings is 1. The Morgan fingerprint density at radius 1 is 0.867 bits per heavy atom. The Morgan fingerprint density at radius 2 is 1.43 bits per heavy atom. The maximum atomic E-state index is 12.7. The first-order chi connectivity index (χ1) is 14.6. The monoisotopic (exact) mass is 419 g/mol. The number of amides is 1. The Balaban J connectivity index is 1.38. The van der Waals surface area contributed by atoms with Crippen LogP contribution >= 0.6 is 11.3 Å². The molecule has 2 aromatic carbocycles. The van der Waals surface area contributed by atoms with Gasteiger partial charge in [-0.2, -0.15) is 0 Å². The molecule has 1 saturated heterocycles. The summed E-state index contributed by atoms with van der Waals surface area (Å²) in [6.45, 7) is 10.5. The van der Waals surface area contributed by atoms with Gasteiger partial charge in [-0.15, -0.1) is 11.3 Å². The van der Waals surface area contributed by atoms with Crippen molar-refractivity contribution >= 4 is 22.2 Å². The van der Waals surface area contributed by atoms with Crippen LogP contribution in [0, 0.1) is 13.8 Å². The number of rotatable bonds is 6. The molecule has 0 saturated carbocycles. The van der Waals surface area contributed by atoms with E-state index in [9.17, 15) is 4.79 Å². The zero-order chi connectivity index (χ0) is 20.9. The van der Waals surface area contributed by atoms with Crippen LogP contribution in [0.4, 0.5) is 5.00 Å². The van der Waals surface area contributed by atoms with Crippen LogP contribution in [0.1, 0.15) is 31.9 Å². The van der Waals surface area contributed by atoms with Gasteiger partial charge >= 0.3 is 0 Å². The summed E-state index contributed by atoms with van der Waals surface area (Å²) in [6.07, 6.45) is 0. The van der Waals surface area contributed by atoms with E-state index in [1.807, 2.05) is 30.3 Å². The van der Waals surface area contributed by atoms with Crippen LogP contribution in [-0.4, -0.2) is 41.9 Å². The van der Waals surface area contributed by atoms with E-state index in [1.54, 1.807) is 11.3 Å². The lowest BCUT2D eigenvalue weighted by Gasteiger charge is -2.35. The molecule has 1 N–H and O–H groups in total. The predicted octanol–water partition coefficient (Wildman–Crippen LogP) is 4.94. The van der Waals surface area contributed by atoms with Crippen LogP contribution < -0.4 is 5.32 Å². The molecule has 0 bridgehead atoms. The Bertz CT molecular complexity index is 976. The van der Waals surface area contributed by atoms with Gasteiger partial charge in [0, 0.05) is 55.3 Å². The molecule has 1 aliphatic rings. The van der Waals surface area contributed by atoms with E-state index >= 15 is 0 Å². The second-order valence-corrected chi connectivity index (χ2v) is 9.17. The predicted molar refractivity (Wildman–Crippen MR) is 125 cm³/mol. The molecule has 1 aromatic heterocycles. The van der Waals surface area contributed by atoms with Crippen molar-refractivity contribution < 1.29 is 4.79 Å². The average Bonchev–Trinajstić information content (AvgIpc) is 3.04. The number of anilines is 1. The third kappa shape index (κ3) is 4.98. The maximum absolute atomic E-state index is 12.7. The minimum absolute atomic E-state index is 0.0363. The van der Waals surface area contributed by atoms with Crippen LogP contribution in [0.5, 0.6) is 0 Å². The minimum Gasteiger partial charge on any atom is -0.313 e. The molecule has 0 unspecified atom stereocenters. The summed E-state index contributed by atoms with van der Waals surface area (Å²) in [5, 5.41) is 4.15. The van der Waals surface area contributed by atoms with Crippen molar-refractivity contribution in [2.45, 2.75) is 26.9 Å². The number of piperazine rings is 1. The SMILES string of the molecule is Cc1sc(NC(=O)c2ccccc2)c(CN2CCN(Cc3ccccc3)CC2)c1C. The highest BCUT2D eigenvalue weighted by Gasteiger charge is 2.21. The van der Waals surface area contributed by atoms with E-state index in [1.165, 1.54) is 21.6 Å². The molecule has 0 atom stereocenters. The topological polar surface area (TPSA) is 35.6 Å². The van der Waals surface area contributed by atoms with Crippen molar-refractivity contribution in [3.63, 3.8) is 0 Å². The van der Waals surface area contributed by atoms with Gasteiger partial charge in [0.05, 0.1) is 0 Å². The Labute approximate surface area is 183 Å². The van der Waals surface area contributed by atoms with Gasteiger partial charge in [-0.25, -0.2) is 0 Å². The number of benzene rings is 2. The summed E-state index contributed by atoms with van der Waals surface area (Å²) in [7, 11) is 0. The molecule has 0 radical (unpaired) electrons. The number of hydrogen-bond acceptors (Lipinski definition) is 4. The third-order valence-corrected chi connectivity index (χ3v) is 7.03.